The van der Waals surface area contributed by atoms with E-state index in [1.54, 1.807) is 0 Å². The van der Waals surface area contributed by atoms with Gasteiger partial charge in [0.25, 0.3) is 6.09 Å². The van der Waals surface area contributed by atoms with Crippen molar-refractivity contribution < 1.29 is 17.6 Å². The van der Waals surface area contributed by atoms with Crippen LogP contribution in [0.3, 0.4) is 0 Å². The van der Waals surface area contributed by atoms with Gasteiger partial charge in [-0.3, -0.25) is 5.32 Å². The van der Waals surface area contributed by atoms with Crippen molar-refractivity contribution in [1.29, 1.82) is 0 Å². The Kier molecular flexibility index (Phi) is 3.56. The van der Waals surface area contributed by atoms with Crippen molar-refractivity contribution in [2.45, 2.75) is 6.30 Å². The highest BCUT2D eigenvalue weighted by atomic mass is 19.4. The van der Waals surface area contributed by atoms with E-state index in [1.165, 1.54) is 6.08 Å². The van der Waals surface area contributed by atoms with Gasteiger partial charge in [0.2, 0.25) is 0 Å². The summed E-state index contributed by atoms with van der Waals surface area (Å²) in [4.78, 5) is 2.83. The van der Waals surface area contributed by atoms with Gasteiger partial charge in [-0.15, -0.1) is 6.58 Å². The normalized spacial score (nSPS) is 12.9. The van der Waals surface area contributed by atoms with E-state index in [2.05, 4.69) is 11.6 Å². The molecule has 0 rings (SSSR count). The van der Waals surface area contributed by atoms with E-state index >= 15 is 0 Å². The molecule has 0 aliphatic heterocycles. The van der Waals surface area contributed by atoms with E-state index in [1.807, 2.05) is 0 Å². The molecule has 0 unspecified atom stereocenters. The molecular weight excluding hydrogens is 164 g/mol. The number of rotatable bonds is 2. The van der Waals surface area contributed by atoms with Crippen LogP contribution >= 0.6 is 0 Å². The third kappa shape index (κ3) is 6.82. The molecule has 0 aromatic carbocycles. The first-order valence-corrected chi connectivity index (χ1v) is 2.61. The van der Waals surface area contributed by atoms with Gasteiger partial charge in [-0.25, -0.2) is 4.99 Å². The summed E-state index contributed by atoms with van der Waals surface area (Å²) in [6.45, 7) is 2.96. The molecule has 11 heavy (non-hydrogen) atoms. The zero-order valence-electron chi connectivity index (χ0n) is 5.45. The Hall–Kier alpha value is -1.07. The van der Waals surface area contributed by atoms with Gasteiger partial charge in [-0.1, -0.05) is 6.08 Å². The minimum absolute atomic E-state index is 0.186. The van der Waals surface area contributed by atoms with Gasteiger partial charge in [-0.05, 0) is 0 Å². The lowest BCUT2D eigenvalue weighted by atomic mass is 10.6. The molecule has 0 aromatic heterocycles. The van der Waals surface area contributed by atoms with Crippen molar-refractivity contribution in [2.75, 3.05) is 6.54 Å². The van der Waals surface area contributed by atoms with Crippen molar-refractivity contribution in [3.63, 3.8) is 0 Å². The van der Waals surface area contributed by atoms with E-state index in [4.69, 9.17) is 0 Å². The van der Waals surface area contributed by atoms with Gasteiger partial charge in [0, 0.05) is 0 Å². The van der Waals surface area contributed by atoms with Crippen LogP contribution in [0.15, 0.2) is 17.6 Å². The maximum Gasteiger partial charge on any atom is 0.485 e. The fraction of sp³-hybridized carbons (Fsp3) is 0.400. The first-order valence-electron chi connectivity index (χ1n) is 2.61. The van der Waals surface area contributed by atoms with Crippen molar-refractivity contribution in [2.24, 2.45) is 4.99 Å². The molecule has 0 atom stereocenters. The molecule has 0 aromatic rings. The van der Waals surface area contributed by atoms with Gasteiger partial charge >= 0.3 is 6.30 Å². The number of halogens is 4. The Labute approximate surface area is 60.6 Å². The third-order valence-corrected chi connectivity index (χ3v) is 0.604. The summed E-state index contributed by atoms with van der Waals surface area (Å²) in [6.07, 6.45) is -5.25. The monoisotopic (exact) mass is 170 g/mol. The number of alkyl halides is 3. The Morgan fingerprint density at radius 1 is 1.55 bits per heavy atom. The van der Waals surface area contributed by atoms with Crippen molar-refractivity contribution in [3.8, 4) is 0 Å². The number of amidine groups is 1. The quantitative estimate of drug-likeness (QED) is 0.220. The van der Waals surface area contributed by atoms with Crippen LogP contribution in [0, 0.1) is 0 Å². The maximum atomic E-state index is 12.0. The molecule has 6 heteroatoms. The summed E-state index contributed by atoms with van der Waals surface area (Å²) >= 11 is 0. The number of aliphatic imine (C=N–C) groups is 1. The van der Waals surface area contributed by atoms with Crippen LogP contribution in [0.1, 0.15) is 0 Å². The molecule has 1 N–H and O–H groups in total. The zero-order valence-corrected chi connectivity index (χ0v) is 5.45. The second-order valence-corrected chi connectivity index (χ2v) is 1.54. The average molecular weight is 170 g/mol. The summed E-state index contributed by atoms with van der Waals surface area (Å²) in [7, 11) is 0. The van der Waals surface area contributed by atoms with Crippen molar-refractivity contribution in [3.05, 3.63) is 12.7 Å². The highest BCUT2D eigenvalue weighted by Gasteiger charge is 2.28. The highest BCUT2D eigenvalue weighted by molar-refractivity contribution is 5.72. The Morgan fingerprint density at radius 2 is 2.09 bits per heavy atom. The van der Waals surface area contributed by atoms with Crippen LogP contribution in [0.25, 0.3) is 0 Å². The SMILES string of the molecule is C=CCN=C(F)NC(F)(F)F. The average Bonchev–Trinajstić information content (AvgIpc) is 1.79. The van der Waals surface area contributed by atoms with Crippen LogP contribution in [0.2, 0.25) is 0 Å². The molecule has 0 aliphatic rings. The largest absolute Gasteiger partial charge is 0.485 e. The fourth-order valence-electron chi connectivity index (χ4n) is 0.301. The van der Waals surface area contributed by atoms with Crippen molar-refractivity contribution >= 4 is 6.09 Å². The smallest absolute Gasteiger partial charge is 0.257 e. The Morgan fingerprint density at radius 3 is 2.45 bits per heavy atom. The molecule has 0 fully saturated rings. The van der Waals surface area contributed by atoms with Crippen LogP contribution in [0.4, 0.5) is 17.6 Å². The zero-order chi connectivity index (χ0) is 8.91. The lowest BCUT2D eigenvalue weighted by molar-refractivity contribution is -0.143. The molecule has 64 valence electrons. The summed E-state index contributed by atoms with van der Waals surface area (Å²) in [6, 6.07) is 0. The van der Waals surface area contributed by atoms with Gasteiger partial charge in [0.05, 0.1) is 6.54 Å². The number of nitrogens with zero attached hydrogens (tertiary/aromatic N) is 1. The van der Waals surface area contributed by atoms with E-state index in [0.29, 0.717) is 5.32 Å². The third-order valence-electron chi connectivity index (χ3n) is 0.604. The lowest BCUT2D eigenvalue weighted by Gasteiger charge is -2.04. The van der Waals surface area contributed by atoms with E-state index in [-0.39, 0.29) is 6.54 Å². The lowest BCUT2D eigenvalue weighted by Crippen LogP contribution is -2.34. The van der Waals surface area contributed by atoms with E-state index < -0.39 is 12.4 Å². The standard InChI is InChI=1S/C5H6F4N2/c1-2-3-10-4(6)11-5(7,8)9/h2H,1,3H2,(H,10,11). The highest BCUT2D eigenvalue weighted by Crippen LogP contribution is 2.09. The summed E-state index contributed by atoms with van der Waals surface area (Å²) in [5.74, 6) is 0. The van der Waals surface area contributed by atoms with Crippen molar-refractivity contribution in [1.82, 2.24) is 5.32 Å². The van der Waals surface area contributed by atoms with Gasteiger partial charge in [0.1, 0.15) is 0 Å². The number of hydrogen-bond acceptors (Lipinski definition) is 1. The topological polar surface area (TPSA) is 24.4 Å². The first-order chi connectivity index (χ1) is 4.95. The molecule has 0 saturated heterocycles. The summed E-state index contributed by atoms with van der Waals surface area (Å²) in [5, 5.41) is 0.589. The maximum absolute atomic E-state index is 12.0. The molecule has 0 radical (unpaired) electrons. The first kappa shape index (κ1) is 9.93. The fourth-order valence-corrected chi connectivity index (χ4v) is 0.301. The molecule has 0 aliphatic carbocycles. The molecule has 0 saturated carbocycles. The van der Waals surface area contributed by atoms with Gasteiger partial charge < -0.3 is 0 Å². The van der Waals surface area contributed by atoms with Crippen LogP contribution in [0.5, 0.6) is 0 Å². The Balaban J connectivity index is 3.85. The summed E-state index contributed by atoms with van der Waals surface area (Å²) < 4.78 is 45.8. The molecular formula is C5H6F4N2. The molecule has 0 heterocycles. The van der Waals surface area contributed by atoms with Crippen LogP contribution in [-0.2, 0) is 0 Å². The minimum atomic E-state index is -4.77. The second-order valence-electron chi connectivity index (χ2n) is 1.54. The number of hydrogen-bond donors (Lipinski definition) is 1. The molecule has 0 spiro atoms. The van der Waals surface area contributed by atoms with E-state index in [0.717, 1.165) is 0 Å². The predicted octanol–water partition coefficient (Wildman–Crippen LogP) is 1.61. The summed E-state index contributed by atoms with van der Waals surface area (Å²) in [5.41, 5.74) is 0. The molecule has 0 bridgehead atoms. The van der Waals surface area contributed by atoms with Crippen LogP contribution < -0.4 is 5.32 Å². The van der Waals surface area contributed by atoms with E-state index in [9.17, 15) is 17.6 Å². The van der Waals surface area contributed by atoms with Gasteiger partial charge in [-0.2, -0.15) is 17.6 Å². The second kappa shape index (κ2) is 3.95. The molecule has 2 nitrogen and oxygen atoms in total. The minimum Gasteiger partial charge on any atom is -0.257 e. The predicted molar refractivity (Wildman–Crippen MR) is 32.8 cm³/mol. The van der Waals surface area contributed by atoms with Crippen LogP contribution in [-0.4, -0.2) is 18.9 Å². The van der Waals surface area contributed by atoms with Gasteiger partial charge in [0.15, 0.2) is 0 Å². The Bertz CT molecular complexity index is 160. The molecule has 0 amide bonds. The number of nitrogens with one attached hydrogen (secondary N) is 1.